The number of aliphatic hydroxyl groups is 1. The molecule has 0 amide bonds. The zero-order valence-corrected chi connectivity index (χ0v) is 7.74. The average Bonchev–Trinajstić information content (AvgIpc) is 2.16. The molecule has 2 nitrogen and oxygen atoms in total. The molecule has 0 atom stereocenters. The van der Waals surface area contributed by atoms with Gasteiger partial charge in [-0.3, -0.25) is 4.79 Å². The van der Waals surface area contributed by atoms with Gasteiger partial charge in [0.25, 0.3) is 0 Å². The number of hydrogen-bond donors (Lipinski definition) is 1. The van der Waals surface area contributed by atoms with Crippen molar-refractivity contribution in [2.24, 2.45) is 0 Å². The van der Waals surface area contributed by atoms with E-state index < -0.39 is 0 Å². The molecule has 0 unspecified atom stereocenters. The number of aldehydes is 1. The van der Waals surface area contributed by atoms with E-state index in [0.29, 0.717) is 11.1 Å². The summed E-state index contributed by atoms with van der Waals surface area (Å²) < 4.78 is 0. The molecule has 0 saturated heterocycles. The zero-order valence-electron chi connectivity index (χ0n) is 7.74. The van der Waals surface area contributed by atoms with Gasteiger partial charge >= 0.3 is 0 Å². The minimum Gasteiger partial charge on any atom is -0.508 e. The molecule has 0 fully saturated rings. The Morgan fingerprint density at radius 3 is 2.69 bits per heavy atom. The van der Waals surface area contributed by atoms with Crippen LogP contribution >= 0.6 is 0 Å². The molecule has 13 heavy (non-hydrogen) atoms. The Morgan fingerprint density at radius 1 is 1.46 bits per heavy atom. The highest BCUT2D eigenvalue weighted by Gasteiger charge is 2.07. The van der Waals surface area contributed by atoms with Gasteiger partial charge in [0.05, 0.1) is 0 Å². The predicted molar refractivity (Wildman–Crippen MR) is 52.8 cm³/mol. The molecule has 0 heterocycles. The van der Waals surface area contributed by atoms with Crippen molar-refractivity contribution >= 4 is 12.0 Å². The molecule has 0 bridgehead atoms. The van der Waals surface area contributed by atoms with Crippen LogP contribution in [0.1, 0.15) is 28.4 Å². The number of aliphatic hydroxyl groups excluding tert-OH is 1. The molecule has 0 aromatic heterocycles. The monoisotopic (exact) mass is 176 g/mol. The Hall–Kier alpha value is -1.57. The second-order valence-corrected chi connectivity index (χ2v) is 2.83. The van der Waals surface area contributed by atoms with Crippen molar-refractivity contribution in [2.75, 3.05) is 0 Å². The lowest BCUT2D eigenvalue weighted by atomic mass is 10.0. The van der Waals surface area contributed by atoms with Crippen LogP contribution in [0.15, 0.2) is 24.3 Å². The van der Waals surface area contributed by atoms with Gasteiger partial charge in [0, 0.05) is 11.1 Å². The number of hydrogen-bond acceptors (Lipinski definition) is 2. The van der Waals surface area contributed by atoms with Gasteiger partial charge in [-0.2, -0.15) is 0 Å². The van der Waals surface area contributed by atoms with Crippen LogP contribution in [-0.2, 0) is 0 Å². The topological polar surface area (TPSA) is 37.3 Å². The molecule has 1 aromatic rings. The maximum atomic E-state index is 10.7. The fourth-order valence-electron chi connectivity index (χ4n) is 1.28. The van der Waals surface area contributed by atoms with Gasteiger partial charge in [-0.1, -0.05) is 18.2 Å². The molecule has 0 aliphatic carbocycles. The normalized spacial score (nSPS) is 11.4. The van der Waals surface area contributed by atoms with Crippen molar-refractivity contribution in [2.45, 2.75) is 13.8 Å². The van der Waals surface area contributed by atoms with Crippen molar-refractivity contribution in [1.29, 1.82) is 0 Å². The van der Waals surface area contributed by atoms with Crippen LogP contribution in [0.2, 0.25) is 0 Å². The van der Waals surface area contributed by atoms with Crippen molar-refractivity contribution in [3.8, 4) is 0 Å². The third-order valence-electron chi connectivity index (χ3n) is 1.96. The van der Waals surface area contributed by atoms with E-state index in [1.54, 1.807) is 25.1 Å². The van der Waals surface area contributed by atoms with E-state index in [4.69, 9.17) is 0 Å². The van der Waals surface area contributed by atoms with Crippen LogP contribution < -0.4 is 0 Å². The fraction of sp³-hybridized carbons (Fsp3) is 0.182. The largest absolute Gasteiger partial charge is 0.508 e. The summed E-state index contributed by atoms with van der Waals surface area (Å²) in [5, 5.41) is 9.52. The van der Waals surface area contributed by atoms with Gasteiger partial charge < -0.3 is 5.11 Å². The van der Waals surface area contributed by atoms with Gasteiger partial charge in [-0.15, -0.1) is 0 Å². The van der Waals surface area contributed by atoms with Crippen molar-refractivity contribution in [3.63, 3.8) is 0 Å². The van der Waals surface area contributed by atoms with Gasteiger partial charge in [0.2, 0.25) is 0 Å². The Labute approximate surface area is 77.5 Å². The Kier molecular flexibility index (Phi) is 2.85. The minimum absolute atomic E-state index is 0.153. The predicted octanol–water partition coefficient (Wildman–Crippen LogP) is 2.73. The number of carbonyl (C=O) groups is 1. The second kappa shape index (κ2) is 3.90. The summed E-state index contributed by atoms with van der Waals surface area (Å²) in [6.45, 7) is 3.60. The first-order chi connectivity index (χ1) is 6.20. The van der Waals surface area contributed by atoms with E-state index in [2.05, 4.69) is 0 Å². The van der Waals surface area contributed by atoms with E-state index in [9.17, 15) is 9.90 Å². The molecule has 0 radical (unpaired) electrons. The van der Waals surface area contributed by atoms with E-state index >= 15 is 0 Å². The van der Waals surface area contributed by atoms with Crippen molar-refractivity contribution in [3.05, 3.63) is 41.0 Å². The summed E-state index contributed by atoms with van der Waals surface area (Å²) in [4.78, 5) is 10.7. The summed E-state index contributed by atoms with van der Waals surface area (Å²) in [5.41, 5.74) is 2.05. The lowest BCUT2D eigenvalue weighted by molar-refractivity contribution is 0.112. The zero-order chi connectivity index (χ0) is 9.84. The second-order valence-electron chi connectivity index (χ2n) is 2.83. The molecule has 0 aliphatic rings. The highest BCUT2D eigenvalue weighted by atomic mass is 16.3. The lowest BCUT2D eigenvalue weighted by Gasteiger charge is -2.06. The van der Waals surface area contributed by atoms with Crippen LogP contribution in [0.4, 0.5) is 0 Å². The quantitative estimate of drug-likeness (QED) is 0.555. The molecule has 1 N–H and O–H groups in total. The van der Waals surface area contributed by atoms with E-state index in [0.717, 1.165) is 11.8 Å². The summed E-state index contributed by atoms with van der Waals surface area (Å²) in [7, 11) is 0. The van der Waals surface area contributed by atoms with Crippen LogP contribution in [0.5, 0.6) is 0 Å². The first-order valence-corrected chi connectivity index (χ1v) is 4.11. The molecule has 0 saturated carbocycles. The minimum atomic E-state index is 0.153. The van der Waals surface area contributed by atoms with Gasteiger partial charge in [0.15, 0.2) is 6.29 Å². The lowest BCUT2D eigenvalue weighted by Crippen LogP contribution is -1.94. The number of rotatable bonds is 2. The SMILES string of the molecule is C/C=C(/O)c1c(C)cccc1C=O. The Bertz CT molecular complexity index is 351. The number of benzene rings is 1. The highest BCUT2D eigenvalue weighted by Crippen LogP contribution is 2.19. The Morgan fingerprint density at radius 2 is 2.15 bits per heavy atom. The van der Waals surface area contributed by atoms with Crippen molar-refractivity contribution in [1.82, 2.24) is 0 Å². The fourth-order valence-corrected chi connectivity index (χ4v) is 1.28. The summed E-state index contributed by atoms with van der Waals surface area (Å²) in [6.07, 6.45) is 2.33. The molecular weight excluding hydrogens is 164 g/mol. The number of carbonyl (C=O) groups excluding carboxylic acids is 1. The smallest absolute Gasteiger partial charge is 0.150 e. The first kappa shape index (κ1) is 9.52. The third kappa shape index (κ3) is 1.78. The van der Waals surface area contributed by atoms with Gasteiger partial charge in [-0.25, -0.2) is 0 Å². The summed E-state index contributed by atoms with van der Waals surface area (Å²) in [6, 6.07) is 5.35. The molecule has 0 spiro atoms. The Balaban J connectivity index is 3.39. The van der Waals surface area contributed by atoms with Crippen LogP contribution in [0.3, 0.4) is 0 Å². The van der Waals surface area contributed by atoms with E-state index in [1.807, 2.05) is 13.0 Å². The third-order valence-corrected chi connectivity index (χ3v) is 1.96. The molecule has 0 aliphatic heterocycles. The molecule has 1 aromatic carbocycles. The van der Waals surface area contributed by atoms with Crippen LogP contribution in [0, 0.1) is 6.92 Å². The van der Waals surface area contributed by atoms with Crippen molar-refractivity contribution < 1.29 is 9.90 Å². The number of aryl methyl sites for hydroxylation is 1. The number of allylic oxidation sites excluding steroid dienone is 1. The van der Waals surface area contributed by atoms with Gasteiger partial charge in [0.1, 0.15) is 5.76 Å². The van der Waals surface area contributed by atoms with E-state index in [-0.39, 0.29) is 5.76 Å². The summed E-state index contributed by atoms with van der Waals surface area (Å²) in [5.74, 6) is 0.153. The molecular formula is C11H12O2. The summed E-state index contributed by atoms with van der Waals surface area (Å²) >= 11 is 0. The standard InChI is InChI=1S/C11H12O2/c1-3-10(13)11-8(2)5-4-6-9(11)7-12/h3-7,13H,1-2H3/b10-3+. The molecule has 1 rings (SSSR count). The highest BCUT2D eigenvalue weighted by molar-refractivity contribution is 5.84. The average molecular weight is 176 g/mol. The van der Waals surface area contributed by atoms with Crippen LogP contribution in [-0.4, -0.2) is 11.4 Å². The maximum absolute atomic E-state index is 10.7. The first-order valence-electron chi connectivity index (χ1n) is 4.11. The molecule has 2 heteroatoms. The van der Waals surface area contributed by atoms with Crippen LogP contribution in [0.25, 0.3) is 5.76 Å². The van der Waals surface area contributed by atoms with Gasteiger partial charge in [-0.05, 0) is 25.5 Å². The maximum Gasteiger partial charge on any atom is 0.150 e. The molecule has 68 valence electrons. The van der Waals surface area contributed by atoms with E-state index in [1.165, 1.54) is 0 Å².